The van der Waals surface area contributed by atoms with Gasteiger partial charge in [0.2, 0.25) is 0 Å². The summed E-state index contributed by atoms with van der Waals surface area (Å²) in [6, 6.07) is 15.3. The van der Waals surface area contributed by atoms with Crippen molar-refractivity contribution in [2.24, 2.45) is 0 Å². The lowest BCUT2D eigenvalue weighted by Gasteiger charge is -2.27. The Balaban J connectivity index is 0.00000342. The molecule has 0 atom stereocenters. The van der Waals surface area contributed by atoms with Crippen LogP contribution in [-0.4, -0.2) is 44.1 Å². The van der Waals surface area contributed by atoms with Crippen molar-refractivity contribution in [2.75, 3.05) is 32.7 Å². The Morgan fingerprint density at radius 3 is 2.49 bits per heavy atom. The average Bonchev–Trinajstić information content (AvgIpc) is 3.21. The molecule has 1 aliphatic rings. The van der Waals surface area contributed by atoms with E-state index in [-0.39, 0.29) is 24.9 Å². The molecule has 0 aliphatic carbocycles. The van der Waals surface area contributed by atoms with Gasteiger partial charge in [0.15, 0.2) is 11.5 Å². The number of thiophene rings is 1. The molecule has 9 heteroatoms. The number of rotatable bonds is 8. The summed E-state index contributed by atoms with van der Waals surface area (Å²) in [5.74, 6) is 0.268. The summed E-state index contributed by atoms with van der Waals surface area (Å²) in [4.78, 5) is 29.4. The largest absolute Gasteiger partial charge is 0.493 e. The van der Waals surface area contributed by atoms with Crippen molar-refractivity contribution in [1.82, 2.24) is 4.90 Å². The Morgan fingerprint density at radius 1 is 1.06 bits per heavy atom. The molecule has 3 aromatic rings. The number of hydrogen-bond acceptors (Lipinski definition) is 7. The van der Waals surface area contributed by atoms with Crippen LogP contribution < -0.4 is 14.8 Å². The number of fused-ring (bicyclic) bond motifs is 1. The van der Waals surface area contributed by atoms with E-state index >= 15 is 0 Å². The molecule has 7 nitrogen and oxygen atoms in total. The van der Waals surface area contributed by atoms with E-state index in [0.717, 1.165) is 30.0 Å². The molecule has 186 valence electrons. The summed E-state index contributed by atoms with van der Waals surface area (Å²) in [6.45, 7) is 4.43. The van der Waals surface area contributed by atoms with Crippen molar-refractivity contribution in [3.63, 3.8) is 0 Å². The molecule has 0 saturated heterocycles. The number of esters is 1. The van der Waals surface area contributed by atoms with Gasteiger partial charge in [-0.2, -0.15) is 0 Å². The van der Waals surface area contributed by atoms with Crippen LogP contribution >= 0.6 is 23.7 Å². The highest BCUT2D eigenvalue weighted by Gasteiger charge is 2.30. The second kappa shape index (κ2) is 12.1. The van der Waals surface area contributed by atoms with Gasteiger partial charge in [0.1, 0.15) is 5.00 Å². The van der Waals surface area contributed by atoms with Crippen LogP contribution in [0.25, 0.3) is 0 Å². The van der Waals surface area contributed by atoms with E-state index in [1.807, 2.05) is 18.2 Å². The van der Waals surface area contributed by atoms with Gasteiger partial charge in [-0.3, -0.25) is 9.69 Å². The number of ether oxygens (including phenoxy) is 3. The number of hydrogen-bond donors (Lipinski definition) is 1. The Morgan fingerprint density at radius 2 is 1.80 bits per heavy atom. The second-order valence-electron chi connectivity index (χ2n) is 7.90. The van der Waals surface area contributed by atoms with Gasteiger partial charge in [-0.15, -0.1) is 23.7 Å². The SMILES string of the molecule is CCOC(=O)c1c(NC(=O)c2ccc(OC)c(OC)c2)sc2c1CCN(Cc1ccccc1)C2.Cl. The van der Waals surface area contributed by atoms with Crippen molar-refractivity contribution in [3.05, 3.63) is 75.7 Å². The quantitative estimate of drug-likeness (QED) is 0.416. The molecule has 35 heavy (non-hydrogen) atoms. The summed E-state index contributed by atoms with van der Waals surface area (Å²) in [5, 5.41) is 3.46. The number of carbonyl (C=O) groups is 2. The van der Waals surface area contributed by atoms with Crippen LogP contribution in [0.15, 0.2) is 48.5 Å². The molecule has 1 aromatic heterocycles. The van der Waals surface area contributed by atoms with Crippen molar-refractivity contribution in [3.8, 4) is 11.5 Å². The highest BCUT2D eigenvalue weighted by atomic mass is 35.5. The second-order valence-corrected chi connectivity index (χ2v) is 9.00. The van der Waals surface area contributed by atoms with Gasteiger partial charge < -0.3 is 19.5 Å². The highest BCUT2D eigenvalue weighted by molar-refractivity contribution is 7.17. The molecule has 0 radical (unpaired) electrons. The van der Waals surface area contributed by atoms with Crippen molar-refractivity contribution >= 4 is 40.6 Å². The molecular formula is C26H29ClN2O5S. The first-order valence-corrected chi connectivity index (χ1v) is 12.0. The van der Waals surface area contributed by atoms with Crippen LogP contribution in [0.2, 0.25) is 0 Å². The number of benzene rings is 2. The molecule has 0 saturated carbocycles. The lowest BCUT2D eigenvalue weighted by molar-refractivity contribution is 0.0526. The number of methoxy groups -OCH3 is 2. The summed E-state index contributed by atoms with van der Waals surface area (Å²) >= 11 is 1.44. The lowest BCUT2D eigenvalue weighted by atomic mass is 10.0. The van der Waals surface area contributed by atoms with E-state index in [1.54, 1.807) is 32.2 Å². The maximum atomic E-state index is 13.1. The molecule has 0 unspecified atom stereocenters. The van der Waals surface area contributed by atoms with E-state index in [9.17, 15) is 9.59 Å². The summed E-state index contributed by atoms with van der Waals surface area (Å²) in [7, 11) is 3.06. The fourth-order valence-electron chi connectivity index (χ4n) is 4.09. The van der Waals surface area contributed by atoms with Gasteiger partial charge in [-0.1, -0.05) is 30.3 Å². The van der Waals surface area contributed by atoms with Crippen LogP contribution in [-0.2, 0) is 24.2 Å². The molecule has 2 aromatic carbocycles. The van der Waals surface area contributed by atoms with Gasteiger partial charge in [0.25, 0.3) is 5.91 Å². The van der Waals surface area contributed by atoms with E-state index < -0.39 is 5.97 Å². The van der Waals surface area contributed by atoms with Crippen LogP contribution in [0.5, 0.6) is 11.5 Å². The van der Waals surface area contributed by atoms with Gasteiger partial charge in [0.05, 0.1) is 26.4 Å². The minimum Gasteiger partial charge on any atom is -0.493 e. The number of nitrogens with zero attached hydrogens (tertiary/aromatic N) is 1. The fraction of sp³-hybridized carbons (Fsp3) is 0.308. The van der Waals surface area contributed by atoms with Gasteiger partial charge in [-0.25, -0.2) is 4.79 Å². The van der Waals surface area contributed by atoms with Gasteiger partial charge in [0, 0.05) is 30.1 Å². The van der Waals surface area contributed by atoms with Crippen molar-refractivity contribution in [1.29, 1.82) is 0 Å². The third-order valence-corrected chi connectivity index (χ3v) is 6.87. The standard InChI is InChI=1S/C26H28N2O5S.ClH/c1-4-33-26(30)23-19-12-13-28(15-17-8-6-5-7-9-17)16-22(19)34-25(23)27-24(29)18-10-11-20(31-2)21(14-18)32-3;/h5-11,14H,4,12-13,15-16H2,1-3H3,(H,27,29);1H. The van der Waals surface area contributed by atoms with Crippen molar-refractivity contribution in [2.45, 2.75) is 26.4 Å². The molecule has 0 bridgehead atoms. The van der Waals surface area contributed by atoms with Crippen LogP contribution in [0.3, 0.4) is 0 Å². The predicted molar refractivity (Wildman–Crippen MR) is 139 cm³/mol. The normalized spacial score (nSPS) is 12.8. The fourth-order valence-corrected chi connectivity index (χ4v) is 5.37. The van der Waals surface area contributed by atoms with E-state index in [2.05, 4.69) is 22.3 Å². The maximum absolute atomic E-state index is 13.1. The molecule has 1 N–H and O–H groups in total. The van der Waals surface area contributed by atoms with Crippen LogP contribution in [0, 0.1) is 0 Å². The number of amides is 1. The Hall–Kier alpha value is -3.07. The molecule has 0 fully saturated rings. The van der Waals surface area contributed by atoms with Crippen LogP contribution in [0.1, 0.15) is 43.6 Å². The number of carbonyl (C=O) groups excluding carboxylic acids is 2. The zero-order chi connectivity index (χ0) is 24.1. The lowest BCUT2D eigenvalue weighted by Crippen LogP contribution is -2.29. The highest BCUT2D eigenvalue weighted by Crippen LogP contribution is 2.38. The molecule has 4 rings (SSSR count). The monoisotopic (exact) mass is 516 g/mol. The molecular weight excluding hydrogens is 488 g/mol. The Kier molecular flexibility index (Phi) is 9.14. The van der Waals surface area contributed by atoms with E-state index in [0.29, 0.717) is 34.2 Å². The van der Waals surface area contributed by atoms with Crippen LogP contribution in [0.4, 0.5) is 5.00 Å². The first kappa shape index (κ1) is 26.5. The van der Waals surface area contributed by atoms with Gasteiger partial charge >= 0.3 is 5.97 Å². The molecule has 0 spiro atoms. The average molecular weight is 517 g/mol. The first-order chi connectivity index (χ1) is 16.5. The first-order valence-electron chi connectivity index (χ1n) is 11.1. The van der Waals surface area contributed by atoms with E-state index in [4.69, 9.17) is 14.2 Å². The van der Waals surface area contributed by atoms with E-state index in [1.165, 1.54) is 24.0 Å². The molecule has 2 heterocycles. The number of halogens is 1. The maximum Gasteiger partial charge on any atom is 0.341 e. The predicted octanol–water partition coefficient (Wildman–Crippen LogP) is 5.17. The minimum absolute atomic E-state index is 0. The smallest absolute Gasteiger partial charge is 0.341 e. The van der Waals surface area contributed by atoms with Crippen molar-refractivity contribution < 1.29 is 23.8 Å². The summed E-state index contributed by atoms with van der Waals surface area (Å²) < 4.78 is 15.9. The molecule has 1 amide bonds. The number of anilines is 1. The Bertz CT molecular complexity index is 1180. The minimum atomic E-state index is -0.404. The molecule has 1 aliphatic heterocycles. The van der Waals surface area contributed by atoms with Gasteiger partial charge in [-0.05, 0) is 42.7 Å². The third-order valence-electron chi connectivity index (χ3n) is 5.74. The number of nitrogens with one attached hydrogen (secondary N) is 1. The Labute approximate surface area is 215 Å². The zero-order valence-electron chi connectivity index (χ0n) is 20.0. The topological polar surface area (TPSA) is 77.1 Å². The summed E-state index contributed by atoms with van der Waals surface area (Å²) in [5.41, 5.74) is 3.09. The third kappa shape index (κ3) is 5.96. The summed E-state index contributed by atoms with van der Waals surface area (Å²) in [6.07, 6.45) is 0.721. The zero-order valence-corrected chi connectivity index (χ0v) is 21.6.